The molecule has 2 saturated heterocycles. The molecular formula is C21H28N2O5. The summed E-state index contributed by atoms with van der Waals surface area (Å²) in [5.41, 5.74) is 1.18. The highest BCUT2D eigenvalue weighted by atomic mass is 16.6. The first-order valence-corrected chi connectivity index (χ1v) is 10.1. The second-order valence-electron chi connectivity index (χ2n) is 7.71. The molecule has 0 aliphatic carbocycles. The van der Waals surface area contributed by atoms with Gasteiger partial charge in [-0.05, 0) is 49.9 Å². The summed E-state index contributed by atoms with van der Waals surface area (Å²) in [6.07, 6.45) is 3.49. The molecule has 0 radical (unpaired) electrons. The molecule has 3 heterocycles. The summed E-state index contributed by atoms with van der Waals surface area (Å²) >= 11 is 0. The van der Waals surface area contributed by atoms with Crippen molar-refractivity contribution >= 4 is 11.9 Å². The Kier molecular flexibility index (Phi) is 5.71. The van der Waals surface area contributed by atoms with Gasteiger partial charge in [0.1, 0.15) is 13.2 Å². The number of carbonyl (C=O) groups is 2. The summed E-state index contributed by atoms with van der Waals surface area (Å²) in [5, 5.41) is 0. The van der Waals surface area contributed by atoms with Gasteiger partial charge in [0.2, 0.25) is 5.91 Å². The average Bonchev–Trinajstić information content (AvgIpc) is 3.21. The number of rotatable bonds is 4. The summed E-state index contributed by atoms with van der Waals surface area (Å²) in [4.78, 5) is 28.7. The van der Waals surface area contributed by atoms with Crippen molar-refractivity contribution < 1.29 is 23.8 Å². The molecule has 0 unspecified atom stereocenters. The smallest absolute Gasteiger partial charge is 0.308 e. The molecule has 0 saturated carbocycles. The highest BCUT2D eigenvalue weighted by Gasteiger charge is 2.32. The maximum Gasteiger partial charge on any atom is 0.308 e. The van der Waals surface area contributed by atoms with E-state index >= 15 is 0 Å². The molecule has 1 amide bonds. The molecule has 0 N–H and O–H groups in total. The lowest BCUT2D eigenvalue weighted by atomic mass is 9.97. The lowest BCUT2D eigenvalue weighted by Crippen LogP contribution is -2.45. The molecule has 1 atom stereocenters. The Morgan fingerprint density at radius 2 is 1.82 bits per heavy atom. The van der Waals surface area contributed by atoms with Crippen LogP contribution in [0.3, 0.4) is 0 Å². The van der Waals surface area contributed by atoms with E-state index in [9.17, 15) is 9.59 Å². The number of likely N-dealkylation sites (tertiary alicyclic amines) is 2. The minimum Gasteiger partial charge on any atom is -0.486 e. The Hall–Kier alpha value is -2.28. The van der Waals surface area contributed by atoms with Crippen LogP contribution in [0.1, 0.15) is 37.3 Å². The SMILES string of the molecule is COC(=O)C1CCN(C(=O)CN2CCC[C@@H]2c2ccc3c(c2)OCCO3)CC1. The van der Waals surface area contributed by atoms with E-state index in [0.717, 1.165) is 30.9 Å². The van der Waals surface area contributed by atoms with Gasteiger partial charge in [-0.2, -0.15) is 0 Å². The number of hydrogen-bond acceptors (Lipinski definition) is 6. The third kappa shape index (κ3) is 3.94. The third-order valence-corrected chi connectivity index (χ3v) is 6.04. The van der Waals surface area contributed by atoms with E-state index in [1.165, 1.54) is 12.7 Å². The van der Waals surface area contributed by atoms with Crippen molar-refractivity contribution in [1.29, 1.82) is 0 Å². The van der Waals surface area contributed by atoms with Crippen molar-refractivity contribution in [2.24, 2.45) is 5.92 Å². The molecule has 0 spiro atoms. The van der Waals surface area contributed by atoms with Gasteiger partial charge in [0.25, 0.3) is 0 Å². The van der Waals surface area contributed by atoms with E-state index in [1.54, 1.807) is 0 Å². The van der Waals surface area contributed by atoms with E-state index < -0.39 is 0 Å². The Labute approximate surface area is 165 Å². The quantitative estimate of drug-likeness (QED) is 0.735. The molecule has 1 aromatic carbocycles. The van der Waals surface area contributed by atoms with Gasteiger partial charge in [0.15, 0.2) is 11.5 Å². The van der Waals surface area contributed by atoms with E-state index in [4.69, 9.17) is 14.2 Å². The van der Waals surface area contributed by atoms with Crippen LogP contribution in [0.25, 0.3) is 0 Å². The van der Waals surface area contributed by atoms with Gasteiger partial charge in [0.05, 0.1) is 19.6 Å². The number of esters is 1. The molecule has 7 heteroatoms. The number of fused-ring (bicyclic) bond motifs is 1. The number of methoxy groups -OCH3 is 1. The van der Waals surface area contributed by atoms with Gasteiger partial charge < -0.3 is 19.1 Å². The first-order chi connectivity index (χ1) is 13.7. The maximum atomic E-state index is 12.8. The summed E-state index contributed by atoms with van der Waals surface area (Å²) in [6.45, 7) is 3.75. The zero-order chi connectivity index (χ0) is 19.5. The van der Waals surface area contributed by atoms with Gasteiger partial charge in [-0.25, -0.2) is 0 Å². The molecule has 4 rings (SSSR count). The monoisotopic (exact) mass is 388 g/mol. The fourth-order valence-electron chi connectivity index (χ4n) is 4.47. The van der Waals surface area contributed by atoms with Gasteiger partial charge in [-0.15, -0.1) is 0 Å². The molecule has 0 bridgehead atoms. The second-order valence-corrected chi connectivity index (χ2v) is 7.71. The number of piperidine rings is 1. The number of nitrogens with zero attached hydrogens (tertiary/aromatic N) is 2. The first kappa shape index (κ1) is 19.1. The van der Waals surface area contributed by atoms with E-state index in [1.807, 2.05) is 11.0 Å². The van der Waals surface area contributed by atoms with E-state index in [-0.39, 0.29) is 23.8 Å². The summed E-state index contributed by atoms with van der Waals surface area (Å²) in [6, 6.07) is 6.35. The number of carbonyl (C=O) groups excluding carboxylic acids is 2. The Morgan fingerprint density at radius 1 is 1.07 bits per heavy atom. The average molecular weight is 388 g/mol. The van der Waals surface area contributed by atoms with Crippen LogP contribution in [0.15, 0.2) is 18.2 Å². The molecular weight excluding hydrogens is 360 g/mol. The van der Waals surface area contributed by atoms with E-state index in [0.29, 0.717) is 45.7 Å². The highest BCUT2D eigenvalue weighted by Crippen LogP contribution is 2.38. The van der Waals surface area contributed by atoms with Crippen LogP contribution in [0.5, 0.6) is 11.5 Å². The fraction of sp³-hybridized carbons (Fsp3) is 0.619. The van der Waals surface area contributed by atoms with Crippen LogP contribution in [0.2, 0.25) is 0 Å². The highest BCUT2D eigenvalue weighted by molar-refractivity contribution is 5.79. The molecule has 3 aliphatic rings. The summed E-state index contributed by atoms with van der Waals surface area (Å²) in [5.74, 6) is 1.50. The lowest BCUT2D eigenvalue weighted by Gasteiger charge is -2.33. The zero-order valence-corrected chi connectivity index (χ0v) is 16.4. The number of amides is 1. The minimum atomic E-state index is -0.162. The van der Waals surface area contributed by atoms with Crippen molar-refractivity contribution in [3.8, 4) is 11.5 Å². The summed E-state index contributed by atoms with van der Waals surface area (Å²) < 4.78 is 16.2. The largest absolute Gasteiger partial charge is 0.486 e. The van der Waals surface area contributed by atoms with Crippen LogP contribution in [-0.4, -0.2) is 68.2 Å². The van der Waals surface area contributed by atoms with E-state index in [2.05, 4.69) is 17.0 Å². The Balaban J connectivity index is 1.36. The Bertz CT molecular complexity index is 730. The normalized spacial score (nSPS) is 22.9. The zero-order valence-electron chi connectivity index (χ0n) is 16.4. The second kappa shape index (κ2) is 8.39. The lowest BCUT2D eigenvalue weighted by molar-refractivity contribution is -0.149. The molecule has 0 aromatic heterocycles. The number of benzene rings is 1. The topological polar surface area (TPSA) is 68.3 Å². The van der Waals surface area contributed by atoms with Crippen molar-refractivity contribution in [1.82, 2.24) is 9.80 Å². The standard InChI is InChI=1S/C21H28N2O5/c1-26-21(25)15-6-9-22(10-7-15)20(24)14-23-8-2-3-17(23)16-4-5-18-19(13-16)28-12-11-27-18/h4-5,13,15,17H,2-3,6-12,14H2,1H3/t17-/m1/s1. The fourth-order valence-corrected chi connectivity index (χ4v) is 4.47. The van der Waals surface area contributed by atoms with Crippen molar-refractivity contribution in [2.45, 2.75) is 31.7 Å². The maximum absolute atomic E-state index is 12.8. The van der Waals surface area contributed by atoms with Gasteiger partial charge >= 0.3 is 5.97 Å². The van der Waals surface area contributed by atoms with Crippen molar-refractivity contribution in [3.05, 3.63) is 23.8 Å². The molecule has 3 aliphatic heterocycles. The van der Waals surface area contributed by atoms with Crippen LogP contribution < -0.4 is 9.47 Å². The number of ether oxygens (including phenoxy) is 3. The first-order valence-electron chi connectivity index (χ1n) is 10.1. The Morgan fingerprint density at radius 3 is 2.57 bits per heavy atom. The van der Waals surface area contributed by atoms with Crippen LogP contribution >= 0.6 is 0 Å². The van der Waals surface area contributed by atoms with Crippen LogP contribution in [0.4, 0.5) is 0 Å². The van der Waals surface area contributed by atoms with Crippen molar-refractivity contribution in [3.63, 3.8) is 0 Å². The minimum absolute atomic E-state index is 0.0775. The van der Waals surface area contributed by atoms with Crippen LogP contribution in [0, 0.1) is 5.92 Å². The van der Waals surface area contributed by atoms with Gasteiger partial charge in [-0.3, -0.25) is 14.5 Å². The number of hydrogen-bond donors (Lipinski definition) is 0. The molecule has 28 heavy (non-hydrogen) atoms. The third-order valence-electron chi connectivity index (χ3n) is 6.04. The molecule has 1 aromatic rings. The summed E-state index contributed by atoms with van der Waals surface area (Å²) in [7, 11) is 1.42. The molecule has 2 fully saturated rings. The van der Waals surface area contributed by atoms with Crippen LogP contribution in [-0.2, 0) is 14.3 Å². The predicted molar refractivity (Wildman–Crippen MR) is 102 cm³/mol. The molecule has 7 nitrogen and oxygen atoms in total. The predicted octanol–water partition coefficient (Wildman–Crippen LogP) is 2.01. The van der Waals surface area contributed by atoms with Gasteiger partial charge in [-0.1, -0.05) is 6.07 Å². The van der Waals surface area contributed by atoms with Gasteiger partial charge in [0, 0.05) is 19.1 Å². The molecule has 152 valence electrons. The van der Waals surface area contributed by atoms with Crippen molar-refractivity contribution in [2.75, 3.05) is 46.5 Å².